The molecule has 0 saturated carbocycles. The van der Waals surface area contributed by atoms with Gasteiger partial charge in [-0.05, 0) is 44.5 Å². The van der Waals surface area contributed by atoms with Crippen LogP contribution in [0.3, 0.4) is 0 Å². The van der Waals surface area contributed by atoms with E-state index >= 15 is 0 Å². The SMILES string of the molecule is CCN(CC)c1ccc(C(N)=S)c(C)c1. The van der Waals surface area contributed by atoms with Gasteiger partial charge >= 0.3 is 0 Å². The van der Waals surface area contributed by atoms with Crippen LogP contribution in [0.25, 0.3) is 0 Å². The molecule has 0 aliphatic heterocycles. The summed E-state index contributed by atoms with van der Waals surface area (Å²) in [4.78, 5) is 2.77. The minimum absolute atomic E-state index is 0.471. The van der Waals surface area contributed by atoms with E-state index in [1.807, 2.05) is 13.0 Å². The lowest BCUT2D eigenvalue weighted by molar-refractivity contribution is 0.865. The average Bonchev–Trinajstić information content (AvgIpc) is 2.19. The van der Waals surface area contributed by atoms with E-state index in [9.17, 15) is 0 Å². The molecule has 0 atom stereocenters. The lowest BCUT2D eigenvalue weighted by Crippen LogP contribution is -2.22. The summed E-state index contributed by atoms with van der Waals surface area (Å²) in [6.45, 7) is 8.38. The zero-order chi connectivity index (χ0) is 11.4. The first-order valence-corrected chi connectivity index (χ1v) is 5.66. The molecule has 0 unspecified atom stereocenters. The molecular weight excluding hydrogens is 204 g/mol. The number of aryl methyl sites for hydroxylation is 1. The summed E-state index contributed by atoms with van der Waals surface area (Å²) in [5.41, 5.74) is 8.98. The molecule has 0 aliphatic rings. The number of nitrogens with zero attached hydrogens (tertiary/aromatic N) is 1. The molecule has 2 N–H and O–H groups in total. The molecular formula is C12H18N2S. The lowest BCUT2D eigenvalue weighted by Gasteiger charge is -2.22. The van der Waals surface area contributed by atoms with Crippen molar-refractivity contribution in [1.29, 1.82) is 0 Å². The monoisotopic (exact) mass is 222 g/mol. The van der Waals surface area contributed by atoms with Crippen molar-refractivity contribution < 1.29 is 0 Å². The number of rotatable bonds is 4. The third-order valence-corrected chi connectivity index (χ3v) is 2.82. The van der Waals surface area contributed by atoms with E-state index < -0.39 is 0 Å². The van der Waals surface area contributed by atoms with Gasteiger partial charge in [-0.15, -0.1) is 0 Å². The number of benzene rings is 1. The van der Waals surface area contributed by atoms with Crippen molar-refractivity contribution in [2.45, 2.75) is 20.8 Å². The smallest absolute Gasteiger partial charge is 0.104 e. The van der Waals surface area contributed by atoms with Crippen molar-refractivity contribution in [2.24, 2.45) is 5.73 Å². The molecule has 15 heavy (non-hydrogen) atoms. The number of nitrogens with two attached hydrogens (primary N) is 1. The maximum absolute atomic E-state index is 5.62. The third-order valence-electron chi connectivity index (χ3n) is 2.60. The van der Waals surface area contributed by atoms with Gasteiger partial charge in [-0.2, -0.15) is 0 Å². The highest BCUT2D eigenvalue weighted by Crippen LogP contribution is 2.18. The van der Waals surface area contributed by atoms with Crippen molar-refractivity contribution in [3.63, 3.8) is 0 Å². The Hall–Kier alpha value is -1.09. The van der Waals surface area contributed by atoms with Crippen LogP contribution in [-0.4, -0.2) is 18.1 Å². The quantitative estimate of drug-likeness (QED) is 0.794. The summed E-state index contributed by atoms with van der Waals surface area (Å²) in [5.74, 6) is 0. The molecule has 1 aromatic carbocycles. The normalized spacial score (nSPS) is 10.1. The standard InChI is InChI=1S/C12H18N2S/c1-4-14(5-2)10-6-7-11(12(13)15)9(3)8-10/h6-8H,4-5H2,1-3H3,(H2,13,15). The molecule has 0 aliphatic carbocycles. The molecule has 0 fully saturated rings. The highest BCUT2D eigenvalue weighted by atomic mass is 32.1. The second kappa shape index (κ2) is 5.12. The van der Waals surface area contributed by atoms with Gasteiger partial charge < -0.3 is 10.6 Å². The van der Waals surface area contributed by atoms with Crippen LogP contribution < -0.4 is 10.6 Å². The van der Waals surface area contributed by atoms with Gasteiger partial charge in [0.15, 0.2) is 0 Å². The Balaban J connectivity index is 3.05. The lowest BCUT2D eigenvalue weighted by atomic mass is 10.1. The maximum Gasteiger partial charge on any atom is 0.104 e. The van der Waals surface area contributed by atoms with E-state index in [1.54, 1.807) is 0 Å². The van der Waals surface area contributed by atoms with Crippen LogP contribution in [0.5, 0.6) is 0 Å². The fourth-order valence-corrected chi connectivity index (χ4v) is 1.94. The Morgan fingerprint density at radius 2 is 1.93 bits per heavy atom. The van der Waals surface area contributed by atoms with Crippen LogP contribution in [0.2, 0.25) is 0 Å². The summed E-state index contributed by atoms with van der Waals surface area (Å²) < 4.78 is 0. The molecule has 0 bridgehead atoms. The van der Waals surface area contributed by atoms with E-state index in [-0.39, 0.29) is 0 Å². The first-order chi connectivity index (χ1) is 7.10. The highest BCUT2D eigenvalue weighted by Gasteiger charge is 2.05. The Labute approximate surface area is 97.1 Å². The molecule has 3 heteroatoms. The number of anilines is 1. The Morgan fingerprint density at radius 3 is 2.33 bits per heavy atom. The molecule has 1 rings (SSSR count). The minimum atomic E-state index is 0.471. The van der Waals surface area contributed by atoms with E-state index in [4.69, 9.17) is 18.0 Å². The van der Waals surface area contributed by atoms with Crippen LogP contribution in [0.1, 0.15) is 25.0 Å². The molecule has 82 valence electrons. The fraction of sp³-hybridized carbons (Fsp3) is 0.417. The van der Waals surface area contributed by atoms with Gasteiger partial charge in [-0.25, -0.2) is 0 Å². The van der Waals surface area contributed by atoms with Crippen LogP contribution in [0, 0.1) is 6.92 Å². The van der Waals surface area contributed by atoms with Crippen molar-refractivity contribution in [2.75, 3.05) is 18.0 Å². The number of hydrogen-bond donors (Lipinski definition) is 1. The average molecular weight is 222 g/mol. The van der Waals surface area contributed by atoms with E-state index in [0.29, 0.717) is 4.99 Å². The fourth-order valence-electron chi connectivity index (χ4n) is 1.71. The van der Waals surface area contributed by atoms with Gasteiger partial charge in [0.2, 0.25) is 0 Å². The first-order valence-electron chi connectivity index (χ1n) is 5.25. The van der Waals surface area contributed by atoms with Crippen molar-refractivity contribution in [1.82, 2.24) is 0 Å². The predicted octanol–water partition coefficient (Wildman–Crippen LogP) is 2.48. The van der Waals surface area contributed by atoms with Crippen molar-refractivity contribution in [3.8, 4) is 0 Å². The number of hydrogen-bond acceptors (Lipinski definition) is 2. The summed E-state index contributed by atoms with van der Waals surface area (Å²) in [6, 6.07) is 6.22. The zero-order valence-corrected chi connectivity index (χ0v) is 10.4. The second-order valence-corrected chi connectivity index (χ2v) is 3.98. The van der Waals surface area contributed by atoms with E-state index in [2.05, 4.69) is 30.9 Å². The van der Waals surface area contributed by atoms with Gasteiger partial charge in [0, 0.05) is 24.3 Å². The Morgan fingerprint density at radius 1 is 1.33 bits per heavy atom. The summed E-state index contributed by atoms with van der Waals surface area (Å²) in [7, 11) is 0. The Bertz CT molecular complexity index is 357. The molecule has 2 nitrogen and oxygen atoms in total. The van der Waals surface area contributed by atoms with Gasteiger partial charge in [0.1, 0.15) is 4.99 Å². The van der Waals surface area contributed by atoms with E-state index in [0.717, 1.165) is 24.2 Å². The van der Waals surface area contributed by atoms with Gasteiger partial charge in [0.25, 0.3) is 0 Å². The van der Waals surface area contributed by atoms with Gasteiger partial charge in [-0.3, -0.25) is 0 Å². The van der Waals surface area contributed by atoms with Gasteiger partial charge in [-0.1, -0.05) is 12.2 Å². The molecule has 0 spiro atoms. The summed E-state index contributed by atoms with van der Waals surface area (Å²) >= 11 is 4.98. The zero-order valence-electron chi connectivity index (χ0n) is 9.58. The molecule has 0 saturated heterocycles. The molecule has 1 aromatic rings. The van der Waals surface area contributed by atoms with Crippen LogP contribution in [0.15, 0.2) is 18.2 Å². The number of thiocarbonyl (C=S) groups is 1. The van der Waals surface area contributed by atoms with Crippen LogP contribution in [-0.2, 0) is 0 Å². The molecule has 0 aromatic heterocycles. The largest absolute Gasteiger partial charge is 0.389 e. The summed E-state index contributed by atoms with van der Waals surface area (Å²) in [6.07, 6.45) is 0. The molecule has 0 radical (unpaired) electrons. The molecule has 0 heterocycles. The Kier molecular flexibility index (Phi) is 4.09. The second-order valence-electron chi connectivity index (χ2n) is 3.54. The predicted molar refractivity (Wildman–Crippen MR) is 70.6 cm³/mol. The third kappa shape index (κ3) is 2.69. The minimum Gasteiger partial charge on any atom is -0.389 e. The van der Waals surface area contributed by atoms with Crippen LogP contribution in [0.4, 0.5) is 5.69 Å². The van der Waals surface area contributed by atoms with Gasteiger partial charge in [0.05, 0.1) is 0 Å². The first kappa shape index (κ1) is 12.0. The topological polar surface area (TPSA) is 29.3 Å². The van der Waals surface area contributed by atoms with E-state index in [1.165, 1.54) is 5.69 Å². The van der Waals surface area contributed by atoms with Crippen molar-refractivity contribution in [3.05, 3.63) is 29.3 Å². The van der Waals surface area contributed by atoms with Crippen LogP contribution >= 0.6 is 12.2 Å². The maximum atomic E-state index is 5.62. The van der Waals surface area contributed by atoms with Crippen molar-refractivity contribution >= 4 is 22.9 Å². The summed E-state index contributed by atoms with van der Waals surface area (Å²) in [5, 5.41) is 0. The molecule has 0 amide bonds. The highest BCUT2D eigenvalue weighted by molar-refractivity contribution is 7.80.